The number of carboxylic acid groups (broad SMARTS) is 1. The molecule has 1 aromatic carbocycles. The minimum Gasteiger partial charge on any atom is -0.477 e. The molecule has 0 bridgehead atoms. The van der Waals surface area contributed by atoms with Crippen LogP contribution < -0.4 is 0 Å². The molecule has 0 spiro atoms. The molecule has 0 amide bonds. The van der Waals surface area contributed by atoms with Gasteiger partial charge in [-0.1, -0.05) is 15.9 Å². The van der Waals surface area contributed by atoms with Gasteiger partial charge in [-0.05, 0) is 18.2 Å². The first-order valence-electron chi connectivity index (χ1n) is 4.42. The van der Waals surface area contributed by atoms with Crippen LogP contribution in [0.15, 0.2) is 22.7 Å². The zero-order chi connectivity index (χ0) is 12.8. The molecule has 1 aromatic heterocycles. The first kappa shape index (κ1) is 12.0. The van der Waals surface area contributed by atoms with E-state index < -0.39 is 17.7 Å². The maximum Gasteiger partial charge on any atom is 0.418 e. The molecular weight excluding hydrogens is 303 g/mol. The van der Waals surface area contributed by atoms with Gasteiger partial charge in [0.15, 0.2) is 0 Å². The fourth-order valence-electron chi connectivity index (χ4n) is 1.55. The molecule has 0 saturated carbocycles. The molecule has 0 aliphatic carbocycles. The van der Waals surface area contributed by atoms with E-state index in [1.165, 1.54) is 6.07 Å². The van der Waals surface area contributed by atoms with Crippen LogP contribution in [0.5, 0.6) is 0 Å². The van der Waals surface area contributed by atoms with Crippen molar-refractivity contribution in [1.82, 2.24) is 4.98 Å². The van der Waals surface area contributed by atoms with Crippen LogP contribution in [0.25, 0.3) is 10.9 Å². The van der Waals surface area contributed by atoms with Gasteiger partial charge in [0, 0.05) is 9.86 Å². The fourth-order valence-corrected chi connectivity index (χ4v) is 2.02. The van der Waals surface area contributed by atoms with Gasteiger partial charge in [-0.25, -0.2) is 4.79 Å². The zero-order valence-electron chi connectivity index (χ0n) is 8.10. The fraction of sp³-hybridized carbons (Fsp3) is 0.100. The average Bonchev–Trinajstić information content (AvgIpc) is 2.58. The van der Waals surface area contributed by atoms with E-state index in [4.69, 9.17) is 5.11 Å². The summed E-state index contributed by atoms with van der Waals surface area (Å²) < 4.78 is 38.4. The Morgan fingerprint density at radius 3 is 2.47 bits per heavy atom. The van der Waals surface area contributed by atoms with Gasteiger partial charge in [-0.2, -0.15) is 13.2 Å². The standard InChI is InChI=1S/C10H5BrF3NO2/c11-5-1-4-2-7(9(16)17)15-8(4)6(3-5)10(12,13)14/h1-3,15H,(H,16,17). The number of aromatic nitrogens is 1. The van der Waals surface area contributed by atoms with Crippen molar-refractivity contribution in [1.29, 1.82) is 0 Å². The number of hydrogen-bond acceptors (Lipinski definition) is 1. The highest BCUT2D eigenvalue weighted by Gasteiger charge is 2.34. The smallest absolute Gasteiger partial charge is 0.418 e. The van der Waals surface area contributed by atoms with Crippen LogP contribution in [-0.4, -0.2) is 16.1 Å². The van der Waals surface area contributed by atoms with Crippen LogP contribution >= 0.6 is 15.9 Å². The minimum absolute atomic E-state index is 0.198. The van der Waals surface area contributed by atoms with Gasteiger partial charge in [-0.3, -0.25) is 0 Å². The van der Waals surface area contributed by atoms with E-state index in [0.717, 1.165) is 12.1 Å². The van der Waals surface area contributed by atoms with Crippen LogP contribution in [0.4, 0.5) is 13.2 Å². The maximum atomic E-state index is 12.7. The minimum atomic E-state index is -4.54. The highest BCUT2D eigenvalue weighted by molar-refractivity contribution is 9.10. The van der Waals surface area contributed by atoms with Crippen LogP contribution in [0.1, 0.15) is 16.1 Å². The van der Waals surface area contributed by atoms with Crippen molar-refractivity contribution in [3.8, 4) is 0 Å². The number of benzene rings is 1. The summed E-state index contributed by atoms with van der Waals surface area (Å²) in [6.07, 6.45) is -4.54. The number of rotatable bonds is 1. The molecule has 2 N–H and O–H groups in total. The summed E-state index contributed by atoms with van der Waals surface area (Å²) in [5.41, 5.74) is -1.39. The van der Waals surface area contributed by atoms with Crippen LogP contribution in [0.3, 0.4) is 0 Å². The van der Waals surface area contributed by atoms with Crippen molar-refractivity contribution in [3.63, 3.8) is 0 Å². The highest BCUT2D eigenvalue weighted by atomic mass is 79.9. The first-order valence-corrected chi connectivity index (χ1v) is 5.21. The van der Waals surface area contributed by atoms with Gasteiger partial charge in [0.1, 0.15) is 5.69 Å². The summed E-state index contributed by atoms with van der Waals surface area (Å²) in [5.74, 6) is -1.30. The Morgan fingerprint density at radius 2 is 1.94 bits per heavy atom. The van der Waals surface area contributed by atoms with E-state index in [1.54, 1.807) is 0 Å². The largest absolute Gasteiger partial charge is 0.477 e. The molecule has 7 heteroatoms. The number of carboxylic acids is 1. The van der Waals surface area contributed by atoms with E-state index in [9.17, 15) is 18.0 Å². The monoisotopic (exact) mass is 307 g/mol. The number of nitrogens with one attached hydrogen (secondary N) is 1. The Balaban J connectivity index is 2.79. The highest BCUT2D eigenvalue weighted by Crippen LogP contribution is 2.36. The summed E-state index contributed by atoms with van der Waals surface area (Å²) >= 11 is 2.96. The topological polar surface area (TPSA) is 53.1 Å². The molecule has 2 aromatic rings. The van der Waals surface area contributed by atoms with Crippen LogP contribution in [-0.2, 0) is 6.18 Å². The Bertz CT molecular complexity index is 603. The summed E-state index contributed by atoms with van der Waals surface area (Å²) in [5, 5.41) is 8.92. The summed E-state index contributed by atoms with van der Waals surface area (Å²) in [6.45, 7) is 0. The molecule has 90 valence electrons. The summed E-state index contributed by atoms with van der Waals surface area (Å²) in [4.78, 5) is 12.9. The molecule has 1 heterocycles. The number of carbonyl (C=O) groups is 1. The van der Waals surface area contributed by atoms with Gasteiger partial charge >= 0.3 is 12.1 Å². The SMILES string of the molecule is O=C(O)c1cc2cc(Br)cc(C(F)(F)F)c2[nH]1. The number of aromatic carboxylic acids is 1. The third-order valence-electron chi connectivity index (χ3n) is 2.23. The lowest BCUT2D eigenvalue weighted by Crippen LogP contribution is -2.06. The molecule has 17 heavy (non-hydrogen) atoms. The zero-order valence-corrected chi connectivity index (χ0v) is 9.69. The molecule has 0 aliphatic rings. The molecule has 0 saturated heterocycles. The quantitative estimate of drug-likeness (QED) is 0.845. The lowest BCUT2D eigenvalue weighted by molar-refractivity contribution is -0.136. The molecule has 0 fully saturated rings. The van der Waals surface area contributed by atoms with Gasteiger partial charge in [0.25, 0.3) is 0 Å². The van der Waals surface area contributed by atoms with Gasteiger partial charge < -0.3 is 10.1 Å². The normalized spacial score (nSPS) is 12.0. The van der Waals surface area contributed by atoms with E-state index >= 15 is 0 Å². The van der Waals surface area contributed by atoms with Crippen molar-refractivity contribution < 1.29 is 23.1 Å². The maximum absolute atomic E-state index is 12.7. The number of fused-ring (bicyclic) bond motifs is 1. The Kier molecular flexibility index (Phi) is 2.65. The molecule has 0 unspecified atom stereocenters. The second-order valence-electron chi connectivity index (χ2n) is 3.40. The van der Waals surface area contributed by atoms with Crippen LogP contribution in [0, 0.1) is 0 Å². The lowest BCUT2D eigenvalue weighted by Gasteiger charge is -2.08. The molecule has 0 radical (unpaired) electrons. The average molecular weight is 308 g/mol. The summed E-state index contributed by atoms with van der Waals surface area (Å²) in [7, 11) is 0. The molecule has 2 rings (SSSR count). The van der Waals surface area contributed by atoms with Gasteiger partial charge in [0.05, 0.1) is 11.1 Å². The van der Waals surface area contributed by atoms with E-state index in [0.29, 0.717) is 0 Å². The number of hydrogen-bond donors (Lipinski definition) is 2. The number of aromatic amines is 1. The molecule has 0 atom stereocenters. The number of alkyl halides is 3. The third-order valence-corrected chi connectivity index (χ3v) is 2.69. The predicted molar refractivity (Wildman–Crippen MR) is 58.0 cm³/mol. The van der Waals surface area contributed by atoms with Crippen molar-refractivity contribution >= 4 is 32.8 Å². The Morgan fingerprint density at radius 1 is 1.29 bits per heavy atom. The molecule has 0 aliphatic heterocycles. The third kappa shape index (κ3) is 2.14. The second-order valence-corrected chi connectivity index (χ2v) is 4.32. The summed E-state index contributed by atoms with van der Waals surface area (Å²) in [6, 6.07) is 3.50. The molecular formula is C10H5BrF3NO2. The van der Waals surface area contributed by atoms with Crippen molar-refractivity contribution in [3.05, 3.63) is 33.9 Å². The molecule has 3 nitrogen and oxygen atoms in total. The second kappa shape index (κ2) is 3.76. The van der Waals surface area contributed by atoms with Crippen molar-refractivity contribution in [2.75, 3.05) is 0 Å². The van der Waals surface area contributed by atoms with Crippen molar-refractivity contribution in [2.24, 2.45) is 0 Å². The Labute approximate surface area is 101 Å². The lowest BCUT2D eigenvalue weighted by atomic mass is 10.1. The van der Waals surface area contributed by atoms with E-state index in [-0.39, 0.29) is 21.1 Å². The van der Waals surface area contributed by atoms with Crippen LogP contribution in [0.2, 0.25) is 0 Å². The van der Waals surface area contributed by atoms with Crippen molar-refractivity contribution in [2.45, 2.75) is 6.18 Å². The first-order chi connectivity index (χ1) is 7.79. The number of H-pyrrole nitrogens is 1. The van der Waals surface area contributed by atoms with E-state index in [2.05, 4.69) is 20.9 Å². The Hall–Kier alpha value is -1.50. The predicted octanol–water partition coefficient (Wildman–Crippen LogP) is 3.65. The number of halogens is 4. The van der Waals surface area contributed by atoms with Gasteiger partial charge in [-0.15, -0.1) is 0 Å². The van der Waals surface area contributed by atoms with Gasteiger partial charge in [0.2, 0.25) is 0 Å². The van der Waals surface area contributed by atoms with E-state index in [1.807, 2.05) is 0 Å².